The number of rotatable bonds is 9. The SMILES string of the molecule is CCOC(=O)C(CCc1ccccc1)(OCC)OCC. The molecule has 0 amide bonds. The number of benzene rings is 1. The molecule has 0 spiro atoms. The van der Waals surface area contributed by atoms with Crippen molar-refractivity contribution in [3.05, 3.63) is 35.9 Å². The fraction of sp³-hybridized carbons (Fsp3) is 0.562. The van der Waals surface area contributed by atoms with Gasteiger partial charge in [-0.1, -0.05) is 30.3 Å². The van der Waals surface area contributed by atoms with Crippen LogP contribution in [0.25, 0.3) is 0 Å². The highest BCUT2D eigenvalue weighted by molar-refractivity contribution is 5.78. The monoisotopic (exact) mass is 280 g/mol. The predicted molar refractivity (Wildman–Crippen MR) is 77.4 cm³/mol. The smallest absolute Gasteiger partial charge is 0.366 e. The second kappa shape index (κ2) is 8.72. The molecule has 0 aliphatic rings. The highest BCUT2D eigenvalue weighted by Crippen LogP contribution is 2.23. The van der Waals surface area contributed by atoms with Crippen LogP contribution < -0.4 is 0 Å². The van der Waals surface area contributed by atoms with Crippen LogP contribution in [-0.4, -0.2) is 31.6 Å². The van der Waals surface area contributed by atoms with Gasteiger partial charge in [0.15, 0.2) is 0 Å². The van der Waals surface area contributed by atoms with Crippen LogP contribution in [0.3, 0.4) is 0 Å². The van der Waals surface area contributed by atoms with E-state index < -0.39 is 11.8 Å². The Morgan fingerprint density at radius 1 is 1.00 bits per heavy atom. The van der Waals surface area contributed by atoms with Crippen molar-refractivity contribution in [2.75, 3.05) is 19.8 Å². The summed E-state index contributed by atoms with van der Waals surface area (Å²) in [7, 11) is 0. The fourth-order valence-corrected chi connectivity index (χ4v) is 2.07. The number of aryl methyl sites for hydroxylation is 1. The average Bonchev–Trinajstić information content (AvgIpc) is 2.46. The quantitative estimate of drug-likeness (QED) is 0.515. The molecule has 0 radical (unpaired) electrons. The van der Waals surface area contributed by atoms with E-state index in [0.29, 0.717) is 32.7 Å². The van der Waals surface area contributed by atoms with Gasteiger partial charge in [0.2, 0.25) is 0 Å². The van der Waals surface area contributed by atoms with Crippen LogP contribution in [0.2, 0.25) is 0 Å². The molecule has 0 fully saturated rings. The van der Waals surface area contributed by atoms with E-state index in [1.165, 1.54) is 0 Å². The zero-order chi connectivity index (χ0) is 14.8. The third kappa shape index (κ3) is 4.62. The Balaban J connectivity index is 2.81. The number of ether oxygens (including phenoxy) is 3. The van der Waals surface area contributed by atoms with Gasteiger partial charge in [-0.2, -0.15) is 0 Å². The van der Waals surface area contributed by atoms with Crippen molar-refractivity contribution in [1.29, 1.82) is 0 Å². The summed E-state index contributed by atoms with van der Waals surface area (Å²) in [6.45, 7) is 6.57. The van der Waals surface area contributed by atoms with Gasteiger partial charge in [-0.15, -0.1) is 0 Å². The molecule has 0 aliphatic carbocycles. The van der Waals surface area contributed by atoms with Crippen LogP contribution in [0.4, 0.5) is 0 Å². The summed E-state index contributed by atoms with van der Waals surface area (Å²) in [5, 5.41) is 0. The van der Waals surface area contributed by atoms with E-state index in [1.807, 2.05) is 44.2 Å². The number of esters is 1. The molecule has 0 heterocycles. The summed E-state index contributed by atoms with van der Waals surface area (Å²) in [5.41, 5.74) is 1.14. The van der Waals surface area contributed by atoms with Crippen molar-refractivity contribution in [3.63, 3.8) is 0 Å². The normalized spacial score (nSPS) is 11.3. The minimum Gasteiger partial charge on any atom is -0.462 e. The number of carbonyl (C=O) groups excluding carboxylic acids is 1. The van der Waals surface area contributed by atoms with E-state index in [2.05, 4.69) is 0 Å². The molecule has 0 N–H and O–H groups in total. The summed E-state index contributed by atoms with van der Waals surface area (Å²) in [4.78, 5) is 12.2. The lowest BCUT2D eigenvalue weighted by atomic mass is 10.0. The number of hydrogen-bond acceptors (Lipinski definition) is 4. The predicted octanol–water partition coefficient (Wildman–Crippen LogP) is 2.95. The van der Waals surface area contributed by atoms with Crippen LogP contribution in [0, 0.1) is 0 Å². The number of hydrogen-bond donors (Lipinski definition) is 0. The molecule has 0 unspecified atom stereocenters. The summed E-state index contributed by atoms with van der Waals surface area (Å²) in [6.07, 6.45) is 1.14. The van der Waals surface area contributed by atoms with Crippen molar-refractivity contribution >= 4 is 5.97 Å². The lowest BCUT2D eigenvalue weighted by Gasteiger charge is -2.30. The van der Waals surface area contributed by atoms with Gasteiger partial charge in [0.1, 0.15) is 0 Å². The zero-order valence-electron chi connectivity index (χ0n) is 12.6. The maximum Gasteiger partial charge on any atom is 0.366 e. The topological polar surface area (TPSA) is 44.8 Å². The minimum atomic E-state index is -1.30. The van der Waals surface area contributed by atoms with E-state index in [-0.39, 0.29) is 0 Å². The fourth-order valence-electron chi connectivity index (χ4n) is 2.07. The van der Waals surface area contributed by atoms with E-state index >= 15 is 0 Å². The first-order valence-electron chi connectivity index (χ1n) is 7.17. The molecule has 4 heteroatoms. The van der Waals surface area contributed by atoms with Crippen LogP contribution in [0.5, 0.6) is 0 Å². The summed E-state index contributed by atoms with van der Waals surface area (Å²) >= 11 is 0. The van der Waals surface area contributed by atoms with Gasteiger partial charge in [-0.25, -0.2) is 4.79 Å². The van der Waals surface area contributed by atoms with Crippen molar-refractivity contribution in [2.24, 2.45) is 0 Å². The van der Waals surface area contributed by atoms with Crippen LogP contribution in [-0.2, 0) is 25.4 Å². The van der Waals surface area contributed by atoms with Crippen molar-refractivity contribution in [3.8, 4) is 0 Å². The first-order valence-corrected chi connectivity index (χ1v) is 7.17. The van der Waals surface area contributed by atoms with Crippen molar-refractivity contribution in [1.82, 2.24) is 0 Å². The average molecular weight is 280 g/mol. The molecule has 0 aromatic heterocycles. The third-order valence-electron chi connectivity index (χ3n) is 2.93. The molecule has 20 heavy (non-hydrogen) atoms. The second-order valence-corrected chi connectivity index (χ2v) is 4.33. The van der Waals surface area contributed by atoms with Crippen LogP contribution in [0.1, 0.15) is 32.8 Å². The first kappa shape index (κ1) is 16.7. The largest absolute Gasteiger partial charge is 0.462 e. The molecular formula is C16H24O4. The number of carbonyl (C=O) groups is 1. The molecule has 1 aromatic rings. The molecule has 0 bridgehead atoms. The van der Waals surface area contributed by atoms with E-state index in [0.717, 1.165) is 5.56 Å². The Hall–Kier alpha value is -1.39. The Labute approximate surface area is 121 Å². The minimum absolute atomic E-state index is 0.312. The Morgan fingerprint density at radius 2 is 1.60 bits per heavy atom. The molecule has 1 rings (SSSR count). The lowest BCUT2D eigenvalue weighted by molar-refractivity contribution is -0.248. The molecular weight excluding hydrogens is 256 g/mol. The summed E-state index contributed by atoms with van der Waals surface area (Å²) < 4.78 is 16.3. The summed E-state index contributed by atoms with van der Waals surface area (Å²) in [6, 6.07) is 9.96. The molecule has 0 atom stereocenters. The van der Waals surface area contributed by atoms with Gasteiger partial charge in [0.05, 0.1) is 6.61 Å². The van der Waals surface area contributed by atoms with E-state index in [1.54, 1.807) is 6.92 Å². The van der Waals surface area contributed by atoms with E-state index in [4.69, 9.17) is 14.2 Å². The molecule has 112 valence electrons. The molecule has 0 aliphatic heterocycles. The Morgan fingerprint density at radius 3 is 2.10 bits per heavy atom. The zero-order valence-corrected chi connectivity index (χ0v) is 12.6. The van der Waals surface area contributed by atoms with Crippen LogP contribution >= 0.6 is 0 Å². The Kier molecular flexibility index (Phi) is 7.26. The first-order chi connectivity index (χ1) is 9.68. The molecule has 0 saturated carbocycles. The van der Waals surface area contributed by atoms with E-state index in [9.17, 15) is 4.79 Å². The summed E-state index contributed by atoms with van der Waals surface area (Å²) in [5.74, 6) is -1.74. The van der Waals surface area contributed by atoms with Gasteiger partial charge in [0, 0.05) is 19.6 Å². The van der Waals surface area contributed by atoms with Gasteiger partial charge in [-0.3, -0.25) is 0 Å². The van der Waals surface area contributed by atoms with Crippen molar-refractivity contribution in [2.45, 2.75) is 39.4 Å². The third-order valence-corrected chi connectivity index (χ3v) is 2.93. The molecule has 0 saturated heterocycles. The van der Waals surface area contributed by atoms with Gasteiger partial charge < -0.3 is 14.2 Å². The standard InChI is InChI=1S/C16H24O4/c1-4-18-15(17)16(19-5-2,20-6-3)13-12-14-10-8-7-9-11-14/h7-11H,4-6,12-13H2,1-3H3. The molecule has 4 nitrogen and oxygen atoms in total. The second-order valence-electron chi connectivity index (χ2n) is 4.33. The Bertz CT molecular complexity index is 383. The molecule has 1 aromatic carbocycles. The highest BCUT2D eigenvalue weighted by atomic mass is 16.7. The highest BCUT2D eigenvalue weighted by Gasteiger charge is 2.41. The van der Waals surface area contributed by atoms with Gasteiger partial charge in [0.25, 0.3) is 5.79 Å². The van der Waals surface area contributed by atoms with Crippen molar-refractivity contribution < 1.29 is 19.0 Å². The maximum atomic E-state index is 12.2. The van der Waals surface area contributed by atoms with Gasteiger partial charge >= 0.3 is 5.97 Å². The van der Waals surface area contributed by atoms with Crippen LogP contribution in [0.15, 0.2) is 30.3 Å². The maximum absolute atomic E-state index is 12.2. The lowest BCUT2D eigenvalue weighted by Crippen LogP contribution is -2.46. The van der Waals surface area contributed by atoms with Gasteiger partial charge in [-0.05, 0) is 32.8 Å².